The van der Waals surface area contributed by atoms with E-state index in [1.165, 1.54) is 24.2 Å². The first-order chi connectivity index (χ1) is 10.7. The van der Waals surface area contributed by atoms with Gasteiger partial charge >= 0.3 is 5.97 Å². The van der Waals surface area contributed by atoms with Crippen LogP contribution in [0.15, 0.2) is 30.3 Å². The summed E-state index contributed by atoms with van der Waals surface area (Å²) >= 11 is 1.33. The lowest BCUT2D eigenvalue weighted by Gasteiger charge is -2.12. The Bertz CT molecular complexity index is 633. The minimum Gasteiger partial charge on any atom is -0.477 e. The van der Waals surface area contributed by atoms with Crippen molar-refractivity contribution in [2.24, 2.45) is 0 Å². The molecule has 0 aliphatic carbocycles. The van der Waals surface area contributed by atoms with Gasteiger partial charge in [-0.25, -0.2) is 9.78 Å². The summed E-state index contributed by atoms with van der Waals surface area (Å²) in [6, 6.07) is 9.92. The van der Waals surface area contributed by atoms with Gasteiger partial charge in [0.1, 0.15) is 4.88 Å². The second-order valence-corrected chi connectivity index (χ2v) is 6.73. The Morgan fingerprint density at radius 3 is 2.64 bits per heavy atom. The third kappa shape index (κ3) is 3.72. The van der Waals surface area contributed by atoms with E-state index in [0.717, 1.165) is 36.6 Å². The van der Waals surface area contributed by atoms with E-state index in [2.05, 4.69) is 9.88 Å². The molecular weight excluding hydrogens is 296 g/mol. The highest BCUT2D eigenvalue weighted by molar-refractivity contribution is 7.13. The largest absolute Gasteiger partial charge is 0.477 e. The Labute approximate surface area is 134 Å². The predicted octanol–water partition coefficient (Wildman–Crippen LogP) is 3.07. The highest BCUT2D eigenvalue weighted by Crippen LogP contribution is 2.22. The van der Waals surface area contributed by atoms with Crippen LogP contribution >= 0.6 is 11.3 Å². The van der Waals surface area contributed by atoms with Gasteiger partial charge < -0.3 is 10.0 Å². The highest BCUT2D eigenvalue weighted by Gasteiger charge is 2.18. The molecule has 1 aromatic heterocycles. The van der Waals surface area contributed by atoms with Gasteiger partial charge in [0.2, 0.25) is 0 Å². The molecule has 0 radical (unpaired) electrons. The second kappa shape index (κ2) is 7.03. The summed E-state index contributed by atoms with van der Waals surface area (Å²) in [7, 11) is 0. The van der Waals surface area contributed by atoms with Crippen molar-refractivity contribution < 1.29 is 9.90 Å². The van der Waals surface area contributed by atoms with Crippen LogP contribution in [0.4, 0.5) is 0 Å². The number of aromatic nitrogens is 1. The molecule has 1 N–H and O–H groups in total. The topological polar surface area (TPSA) is 53.4 Å². The summed E-state index contributed by atoms with van der Waals surface area (Å²) < 4.78 is 0. The second-order valence-electron chi connectivity index (χ2n) is 5.65. The number of rotatable bonds is 6. The summed E-state index contributed by atoms with van der Waals surface area (Å²) in [4.78, 5) is 18.9. The third-order valence-corrected chi connectivity index (χ3v) is 5.14. The molecule has 0 atom stereocenters. The van der Waals surface area contributed by atoms with Gasteiger partial charge in [0.05, 0.1) is 10.7 Å². The quantitative estimate of drug-likeness (QED) is 0.890. The molecule has 4 nitrogen and oxygen atoms in total. The fourth-order valence-electron chi connectivity index (χ4n) is 2.84. The van der Waals surface area contributed by atoms with Crippen LogP contribution in [-0.2, 0) is 12.8 Å². The van der Waals surface area contributed by atoms with Gasteiger partial charge in [0, 0.05) is 19.4 Å². The van der Waals surface area contributed by atoms with E-state index in [4.69, 9.17) is 0 Å². The number of carbonyl (C=O) groups is 1. The van der Waals surface area contributed by atoms with Crippen LogP contribution in [0.2, 0.25) is 0 Å². The molecule has 1 aliphatic rings. The molecule has 22 heavy (non-hydrogen) atoms. The first-order valence-electron chi connectivity index (χ1n) is 7.70. The van der Waals surface area contributed by atoms with E-state index in [-0.39, 0.29) is 0 Å². The van der Waals surface area contributed by atoms with Crippen molar-refractivity contribution in [3.05, 3.63) is 51.5 Å². The number of aromatic carboxylic acids is 1. The van der Waals surface area contributed by atoms with Crippen molar-refractivity contribution in [2.75, 3.05) is 19.6 Å². The zero-order valence-corrected chi connectivity index (χ0v) is 13.3. The van der Waals surface area contributed by atoms with E-state index in [1.807, 2.05) is 30.3 Å². The number of carboxylic acid groups (broad SMARTS) is 1. The molecule has 1 aromatic carbocycles. The fraction of sp³-hybridized carbons (Fsp3) is 0.412. The molecule has 0 spiro atoms. The van der Waals surface area contributed by atoms with Crippen LogP contribution in [0.25, 0.3) is 0 Å². The summed E-state index contributed by atoms with van der Waals surface area (Å²) in [6.07, 6.45) is 3.98. The highest BCUT2D eigenvalue weighted by atomic mass is 32.1. The number of thiazole rings is 1. The lowest BCUT2D eigenvalue weighted by atomic mass is 10.1. The maximum atomic E-state index is 11.4. The number of hydrogen-bond donors (Lipinski definition) is 1. The van der Waals surface area contributed by atoms with E-state index in [1.54, 1.807) is 0 Å². The first kappa shape index (κ1) is 15.2. The van der Waals surface area contributed by atoms with E-state index >= 15 is 0 Å². The lowest BCUT2D eigenvalue weighted by Crippen LogP contribution is -2.21. The monoisotopic (exact) mass is 316 g/mol. The average molecular weight is 316 g/mol. The van der Waals surface area contributed by atoms with E-state index in [9.17, 15) is 9.90 Å². The predicted molar refractivity (Wildman–Crippen MR) is 87.7 cm³/mol. The van der Waals surface area contributed by atoms with Crippen LogP contribution in [0.1, 0.15) is 38.8 Å². The number of likely N-dealkylation sites (tertiary alicyclic amines) is 1. The Morgan fingerprint density at radius 1 is 1.23 bits per heavy atom. The molecule has 1 saturated heterocycles. The molecule has 0 bridgehead atoms. The number of nitrogens with zero attached hydrogens (tertiary/aromatic N) is 2. The summed E-state index contributed by atoms with van der Waals surface area (Å²) in [5, 5.41) is 10.3. The zero-order chi connectivity index (χ0) is 15.4. The first-order valence-corrected chi connectivity index (χ1v) is 8.52. The zero-order valence-electron chi connectivity index (χ0n) is 12.5. The van der Waals surface area contributed by atoms with E-state index in [0.29, 0.717) is 17.0 Å². The molecule has 3 rings (SSSR count). The molecule has 1 fully saturated rings. The fourth-order valence-corrected chi connectivity index (χ4v) is 3.75. The Balaban J connectivity index is 1.72. The van der Waals surface area contributed by atoms with Crippen molar-refractivity contribution in [1.29, 1.82) is 0 Å². The molecule has 0 unspecified atom stereocenters. The van der Waals surface area contributed by atoms with Gasteiger partial charge in [-0.1, -0.05) is 30.3 Å². The minimum atomic E-state index is -0.865. The molecular formula is C17H20N2O2S. The average Bonchev–Trinajstić information content (AvgIpc) is 3.15. The smallest absolute Gasteiger partial charge is 0.347 e. The van der Waals surface area contributed by atoms with Crippen molar-refractivity contribution in [1.82, 2.24) is 9.88 Å². The van der Waals surface area contributed by atoms with Crippen LogP contribution in [0.5, 0.6) is 0 Å². The van der Waals surface area contributed by atoms with Gasteiger partial charge in [-0.15, -0.1) is 11.3 Å². The van der Waals surface area contributed by atoms with Crippen molar-refractivity contribution in [2.45, 2.75) is 25.7 Å². The van der Waals surface area contributed by atoms with Gasteiger partial charge in [0.15, 0.2) is 0 Å². The Hall–Kier alpha value is -1.72. The number of carboxylic acids is 1. The van der Waals surface area contributed by atoms with Crippen molar-refractivity contribution >= 4 is 17.3 Å². The Morgan fingerprint density at radius 2 is 1.95 bits per heavy atom. The van der Waals surface area contributed by atoms with Crippen LogP contribution in [0.3, 0.4) is 0 Å². The minimum absolute atomic E-state index is 0.389. The van der Waals surface area contributed by atoms with Crippen LogP contribution in [-0.4, -0.2) is 40.6 Å². The van der Waals surface area contributed by atoms with Gasteiger partial charge in [0.25, 0.3) is 0 Å². The maximum Gasteiger partial charge on any atom is 0.347 e. The molecule has 5 heteroatoms. The van der Waals surface area contributed by atoms with Gasteiger partial charge in [-0.2, -0.15) is 0 Å². The summed E-state index contributed by atoms with van der Waals surface area (Å²) in [5.41, 5.74) is 1.79. The molecule has 0 amide bonds. The molecule has 0 saturated carbocycles. The summed E-state index contributed by atoms with van der Waals surface area (Å²) in [5.74, 6) is -0.865. The summed E-state index contributed by atoms with van der Waals surface area (Å²) in [6.45, 7) is 3.30. The molecule has 2 heterocycles. The number of hydrogen-bond acceptors (Lipinski definition) is 4. The molecule has 116 valence electrons. The standard InChI is InChI=1S/C17H20N2O2S/c20-17(21)16-14(12-13-6-2-1-3-7-13)18-15(22-16)8-11-19-9-4-5-10-19/h1-3,6-7H,4-5,8-12H2,(H,20,21). The van der Waals surface area contributed by atoms with Crippen molar-refractivity contribution in [3.63, 3.8) is 0 Å². The van der Waals surface area contributed by atoms with Crippen molar-refractivity contribution in [3.8, 4) is 0 Å². The third-order valence-electron chi connectivity index (χ3n) is 3.99. The maximum absolute atomic E-state index is 11.4. The SMILES string of the molecule is O=C(O)c1sc(CCN2CCCC2)nc1Cc1ccccc1. The lowest BCUT2D eigenvalue weighted by molar-refractivity contribution is 0.0701. The normalized spacial score (nSPS) is 15.3. The number of benzene rings is 1. The molecule has 1 aliphatic heterocycles. The Kier molecular flexibility index (Phi) is 4.85. The van der Waals surface area contributed by atoms with E-state index < -0.39 is 5.97 Å². The molecule has 2 aromatic rings. The van der Waals surface area contributed by atoms with Gasteiger partial charge in [-0.05, 0) is 31.5 Å². The van der Waals surface area contributed by atoms with Crippen LogP contribution < -0.4 is 0 Å². The van der Waals surface area contributed by atoms with Gasteiger partial charge in [-0.3, -0.25) is 0 Å². The van der Waals surface area contributed by atoms with Crippen LogP contribution in [0, 0.1) is 0 Å².